The first-order chi connectivity index (χ1) is 8.45. The Morgan fingerprint density at radius 1 is 1.28 bits per heavy atom. The second-order valence-electron chi connectivity index (χ2n) is 5.05. The summed E-state index contributed by atoms with van der Waals surface area (Å²) in [6, 6.07) is 4.31. The van der Waals surface area contributed by atoms with Crippen molar-refractivity contribution in [3.63, 3.8) is 0 Å². The minimum atomic E-state index is 0.266. The van der Waals surface area contributed by atoms with Gasteiger partial charge in [0.25, 0.3) is 0 Å². The molecule has 18 heavy (non-hydrogen) atoms. The number of carbonyl (C=O) groups excluding carboxylic acids is 1. The van der Waals surface area contributed by atoms with Crippen molar-refractivity contribution in [2.24, 2.45) is 0 Å². The molecule has 2 heteroatoms. The lowest BCUT2D eigenvalue weighted by atomic mass is 9.90. The van der Waals surface area contributed by atoms with Crippen LogP contribution >= 0.6 is 0 Å². The molecule has 1 rings (SSSR count). The summed E-state index contributed by atoms with van der Waals surface area (Å²) in [5, 5.41) is 0. The Balaban J connectivity index is 2.89. The van der Waals surface area contributed by atoms with E-state index in [2.05, 4.69) is 32.9 Å². The van der Waals surface area contributed by atoms with Crippen molar-refractivity contribution in [1.29, 1.82) is 0 Å². The molecule has 0 saturated carbocycles. The fourth-order valence-electron chi connectivity index (χ4n) is 2.23. The van der Waals surface area contributed by atoms with Crippen molar-refractivity contribution in [1.82, 2.24) is 0 Å². The zero-order chi connectivity index (χ0) is 13.7. The molecule has 0 saturated heterocycles. The van der Waals surface area contributed by atoms with Gasteiger partial charge in [0.05, 0.1) is 6.61 Å². The van der Waals surface area contributed by atoms with Crippen LogP contribution < -0.4 is 4.74 Å². The summed E-state index contributed by atoms with van der Waals surface area (Å²) in [4.78, 5) is 11.1. The fourth-order valence-corrected chi connectivity index (χ4v) is 2.23. The van der Waals surface area contributed by atoms with Gasteiger partial charge in [-0.3, -0.25) is 0 Å². The van der Waals surface area contributed by atoms with Gasteiger partial charge < -0.3 is 9.53 Å². The molecule has 0 N–H and O–H groups in total. The summed E-state index contributed by atoms with van der Waals surface area (Å²) >= 11 is 0. The maximum atomic E-state index is 11.1. The zero-order valence-corrected chi connectivity index (χ0v) is 12.2. The lowest BCUT2D eigenvalue weighted by molar-refractivity contribution is -0.117. The second-order valence-corrected chi connectivity index (χ2v) is 5.05. The zero-order valence-electron chi connectivity index (χ0n) is 12.2. The summed E-state index contributed by atoms with van der Waals surface area (Å²) in [6.07, 6.45) is 1.58. The lowest BCUT2D eigenvalue weighted by Crippen LogP contribution is -2.02. The van der Waals surface area contributed by atoms with Gasteiger partial charge in [-0.2, -0.15) is 0 Å². The van der Waals surface area contributed by atoms with Crippen molar-refractivity contribution < 1.29 is 9.53 Å². The maximum Gasteiger partial charge on any atom is 0.129 e. The van der Waals surface area contributed by atoms with Gasteiger partial charge in [-0.25, -0.2) is 0 Å². The van der Waals surface area contributed by atoms with Crippen LogP contribution in [0.2, 0.25) is 0 Å². The van der Waals surface area contributed by atoms with Gasteiger partial charge in [-0.05, 0) is 62.8 Å². The third kappa shape index (κ3) is 3.86. The second kappa shape index (κ2) is 6.58. The maximum absolute atomic E-state index is 11.1. The van der Waals surface area contributed by atoms with Gasteiger partial charge in [-0.15, -0.1) is 0 Å². The predicted molar refractivity (Wildman–Crippen MR) is 75.4 cm³/mol. The van der Waals surface area contributed by atoms with Gasteiger partial charge in [0, 0.05) is 6.42 Å². The van der Waals surface area contributed by atoms with E-state index in [1.807, 2.05) is 6.92 Å². The monoisotopic (exact) mass is 248 g/mol. The first-order valence-electron chi connectivity index (χ1n) is 6.69. The van der Waals surface area contributed by atoms with E-state index in [0.29, 0.717) is 18.9 Å². The number of ketones is 1. The number of benzene rings is 1. The highest BCUT2D eigenvalue weighted by Gasteiger charge is 2.12. The average Bonchev–Trinajstić information content (AvgIpc) is 2.30. The van der Waals surface area contributed by atoms with Crippen LogP contribution in [-0.2, 0) is 4.79 Å². The molecule has 0 aromatic heterocycles. The van der Waals surface area contributed by atoms with E-state index in [1.54, 1.807) is 6.92 Å². The van der Waals surface area contributed by atoms with Crippen LogP contribution in [0.4, 0.5) is 0 Å². The summed E-state index contributed by atoms with van der Waals surface area (Å²) in [7, 11) is 0. The molecule has 0 heterocycles. The average molecular weight is 248 g/mol. The standard InChI is InChI=1S/C16H24O2/c1-6-18-16-10-12(3)15(9-13(16)4)11(2)7-8-14(5)17/h9-11H,6-8H2,1-5H3. The largest absolute Gasteiger partial charge is 0.494 e. The molecular weight excluding hydrogens is 224 g/mol. The van der Waals surface area contributed by atoms with E-state index in [4.69, 9.17) is 4.74 Å². The SMILES string of the molecule is CCOc1cc(C)c(C(C)CCC(C)=O)cc1C. The van der Waals surface area contributed by atoms with Crippen molar-refractivity contribution in [2.75, 3.05) is 6.61 Å². The summed E-state index contributed by atoms with van der Waals surface area (Å²) in [5.74, 6) is 1.66. The number of hydrogen-bond donors (Lipinski definition) is 0. The number of aryl methyl sites for hydroxylation is 2. The minimum Gasteiger partial charge on any atom is -0.494 e. The van der Waals surface area contributed by atoms with Crippen LogP contribution in [0.5, 0.6) is 5.75 Å². The number of Topliss-reactive ketones (excluding diaryl/α,β-unsaturated/α-hetero) is 1. The Bertz CT molecular complexity index is 421. The minimum absolute atomic E-state index is 0.266. The van der Waals surface area contributed by atoms with Crippen molar-refractivity contribution in [3.8, 4) is 5.75 Å². The lowest BCUT2D eigenvalue weighted by Gasteiger charge is -2.17. The van der Waals surface area contributed by atoms with Crippen LogP contribution in [0.25, 0.3) is 0 Å². The Morgan fingerprint density at radius 3 is 2.50 bits per heavy atom. The molecule has 100 valence electrons. The molecule has 1 aromatic carbocycles. The summed E-state index contributed by atoms with van der Waals surface area (Å²) in [6.45, 7) is 10.7. The van der Waals surface area contributed by atoms with Gasteiger partial charge in [0.15, 0.2) is 0 Å². The number of rotatable bonds is 6. The van der Waals surface area contributed by atoms with Crippen LogP contribution in [0, 0.1) is 13.8 Å². The van der Waals surface area contributed by atoms with Crippen LogP contribution in [0.1, 0.15) is 56.2 Å². The topological polar surface area (TPSA) is 26.3 Å². The highest BCUT2D eigenvalue weighted by Crippen LogP contribution is 2.30. The van der Waals surface area contributed by atoms with Gasteiger partial charge >= 0.3 is 0 Å². The van der Waals surface area contributed by atoms with Crippen LogP contribution in [-0.4, -0.2) is 12.4 Å². The third-order valence-corrected chi connectivity index (χ3v) is 3.32. The molecule has 0 aliphatic carbocycles. The molecule has 0 fully saturated rings. The highest BCUT2D eigenvalue weighted by molar-refractivity contribution is 5.75. The fraction of sp³-hybridized carbons (Fsp3) is 0.562. The van der Waals surface area contributed by atoms with E-state index < -0.39 is 0 Å². The molecule has 1 atom stereocenters. The first kappa shape index (κ1) is 14.7. The van der Waals surface area contributed by atoms with Gasteiger partial charge in [-0.1, -0.05) is 13.0 Å². The molecule has 0 spiro atoms. The van der Waals surface area contributed by atoms with E-state index in [0.717, 1.165) is 12.2 Å². The third-order valence-electron chi connectivity index (χ3n) is 3.32. The molecular formula is C16H24O2. The highest BCUT2D eigenvalue weighted by atomic mass is 16.5. The van der Waals surface area contributed by atoms with Crippen molar-refractivity contribution in [2.45, 2.75) is 53.4 Å². The van der Waals surface area contributed by atoms with Crippen molar-refractivity contribution >= 4 is 5.78 Å². The van der Waals surface area contributed by atoms with Gasteiger partial charge in [0.1, 0.15) is 11.5 Å². The van der Waals surface area contributed by atoms with E-state index >= 15 is 0 Å². The van der Waals surface area contributed by atoms with E-state index in [-0.39, 0.29) is 5.78 Å². The Hall–Kier alpha value is -1.31. The summed E-state index contributed by atoms with van der Waals surface area (Å²) < 4.78 is 5.60. The van der Waals surface area contributed by atoms with Crippen LogP contribution in [0.15, 0.2) is 12.1 Å². The molecule has 2 nitrogen and oxygen atoms in total. The molecule has 0 radical (unpaired) electrons. The number of hydrogen-bond acceptors (Lipinski definition) is 2. The molecule has 0 aliphatic rings. The van der Waals surface area contributed by atoms with Crippen molar-refractivity contribution in [3.05, 3.63) is 28.8 Å². The number of carbonyl (C=O) groups is 1. The molecule has 0 bridgehead atoms. The predicted octanol–water partition coefficient (Wildman–Crippen LogP) is 4.17. The normalized spacial score (nSPS) is 12.3. The Labute approximate surface area is 110 Å². The number of ether oxygens (including phenoxy) is 1. The molecule has 1 unspecified atom stereocenters. The molecule has 1 aromatic rings. The molecule has 0 aliphatic heterocycles. The molecule has 0 amide bonds. The van der Waals surface area contributed by atoms with E-state index in [9.17, 15) is 4.79 Å². The van der Waals surface area contributed by atoms with Gasteiger partial charge in [0.2, 0.25) is 0 Å². The smallest absolute Gasteiger partial charge is 0.129 e. The Morgan fingerprint density at radius 2 is 1.94 bits per heavy atom. The summed E-state index contributed by atoms with van der Waals surface area (Å²) in [5.41, 5.74) is 3.75. The quantitative estimate of drug-likeness (QED) is 0.755. The Kier molecular flexibility index (Phi) is 5.39. The van der Waals surface area contributed by atoms with Crippen LogP contribution in [0.3, 0.4) is 0 Å². The first-order valence-corrected chi connectivity index (χ1v) is 6.69. The van der Waals surface area contributed by atoms with E-state index in [1.165, 1.54) is 16.7 Å².